The molecule has 0 fully saturated rings. The van der Waals surface area contributed by atoms with Gasteiger partial charge in [-0.15, -0.1) is 0 Å². The summed E-state index contributed by atoms with van der Waals surface area (Å²) in [5.74, 6) is 2.41. The fourth-order valence-electron chi connectivity index (χ4n) is 12.5. The summed E-state index contributed by atoms with van der Waals surface area (Å²) in [4.78, 5) is 32.2. The maximum atomic E-state index is 14.8. The van der Waals surface area contributed by atoms with E-state index in [9.17, 15) is 17.7 Å². The molecule has 3 N–H and O–H groups in total. The molecule has 15 rings (SSSR count). The lowest BCUT2D eigenvalue weighted by molar-refractivity contribution is 0.356. The maximum absolute atomic E-state index is 14.8. The fourth-order valence-corrected chi connectivity index (χ4v) is 13.3. The molecule has 0 aliphatic carbocycles. The summed E-state index contributed by atoms with van der Waals surface area (Å²) in [6.45, 7) is 11.1. The molecule has 9 heterocycles. The number of aryl methyl sites for hydroxylation is 3. The average molecular weight is 1330 g/mol. The number of anilines is 3. The number of rotatable bonds is 18. The Morgan fingerprint density at radius 1 is 0.495 bits per heavy atom. The summed E-state index contributed by atoms with van der Waals surface area (Å²) in [5, 5.41) is 10.2. The van der Waals surface area contributed by atoms with Crippen LogP contribution in [0.15, 0.2) is 146 Å². The Kier molecular flexibility index (Phi) is 18.1. The van der Waals surface area contributed by atoms with Gasteiger partial charge in [0, 0.05) is 144 Å². The molecule has 3 aliphatic heterocycles. The molecule has 498 valence electrons. The summed E-state index contributed by atoms with van der Waals surface area (Å²) in [6.07, 6.45) is 13.8. The summed E-state index contributed by atoms with van der Waals surface area (Å²) in [7, 11) is 5.91. The number of nitrogens with one attached hydrogen (secondary N) is 3. The van der Waals surface area contributed by atoms with E-state index >= 15 is 0 Å². The van der Waals surface area contributed by atoms with Gasteiger partial charge in [-0.3, -0.25) is 13.2 Å². The zero-order valence-electron chi connectivity index (χ0n) is 57.8. The van der Waals surface area contributed by atoms with Gasteiger partial charge in [-0.2, -0.15) is 0 Å². The average Bonchev–Trinajstić information content (AvgIpc) is 1.72. The predicted octanol–water partition coefficient (Wildman–Crippen LogP) is 13.6. The number of ether oxygens (including phenoxy) is 3. The quantitative estimate of drug-likeness (QED) is 0.0691. The molecule has 0 bridgehead atoms. The first-order valence-corrected chi connectivity index (χ1v) is 34.9. The lowest BCUT2D eigenvalue weighted by atomic mass is 10.0. The maximum Gasteiger partial charge on any atom is 0.208 e. The Labute approximate surface area is 564 Å². The van der Waals surface area contributed by atoms with E-state index in [0.29, 0.717) is 85.7 Å². The van der Waals surface area contributed by atoms with Crippen molar-refractivity contribution in [2.45, 2.75) is 72.6 Å². The molecule has 3 aliphatic rings. The smallest absolute Gasteiger partial charge is 0.208 e. The first kappa shape index (κ1) is 63.0. The van der Waals surface area contributed by atoms with Crippen LogP contribution in [0.25, 0.3) is 50.3 Å². The highest BCUT2D eigenvalue weighted by atomic mass is 31.2. The van der Waals surface area contributed by atoms with E-state index in [2.05, 4.69) is 101 Å². The highest BCUT2D eigenvalue weighted by Crippen LogP contribution is 2.38. The van der Waals surface area contributed by atoms with Gasteiger partial charge >= 0.3 is 0 Å². The van der Waals surface area contributed by atoms with E-state index in [4.69, 9.17) is 21.9 Å². The SMILES string of the molecule is Cc1cn2c(NCc3c(F)ccc4c3CCO4)ncc(-c3ccc(CCN(C)C)cc3)c2n1.Cc1cn2c(NCc3c(F)ccc4c3CCO4)ncc(-c3ccc(P(C)(C)=O)cc3)c2n1.[2H]C([2H])(Nc1ncc(-c2ccc(CN(C)C)cc2)c2nc(C)cn12)c1c(F)ccc2c1CCO2. The van der Waals surface area contributed by atoms with Crippen LogP contribution in [0.1, 0.15) is 64.3 Å². The molecular formula is C75H78F3N14O4P. The second-order valence-corrected chi connectivity index (χ2v) is 28.7. The summed E-state index contributed by atoms with van der Waals surface area (Å²) >= 11 is 0. The molecule has 0 spiro atoms. The summed E-state index contributed by atoms with van der Waals surface area (Å²) in [5.41, 5.74) is 16.5. The monoisotopic (exact) mass is 1330 g/mol. The van der Waals surface area contributed by atoms with Crippen LogP contribution in [-0.2, 0) is 56.4 Å². The topological polar surface area (TPSA) is 178 Å². The molecule has 0 radical (unpaired) electrons. The van der Waals surface area contributed by atoms with E-state index in [0.717, 1.165) is 116 Å². The third-order valence-electron chi connectivity index (χ3n) is 17.4. The minimum atomic E-state index is -2.32. The molecule has 22 heteroatoms. The first-order chi connectivity index (χ1) is 47.5. The number of nitrogens with zero attached hydrogens (tertiary/aromatic N) is 11. The summed E-state index contributed by atoms with van der Waals surface area (Å²) in [6, 6.07) is 33.6. The molecule has 18 nitrogen and oxygen atoms in total. The third-order valence-corrected chi connectivity index (χ3v) is 18.9. The Morgan fingerprint density at radius 3 is 1.26 bits per heavy atom. The summed E-state index contributed by atoms with van der Waals surface area (Å²) < 4.78 is 95.8. The Morgan fingerprint density at radius 2 is 0.866 bits per heavy atom. The number of halogens is 3. The number of likely N-dealkylation sites (N-methyl/N-ethyl adjacent to an activating group) is 1. The number of imidazole rings is 3. The molecule has 0 atom stereocenters. The number of aromatic nitrogens is 9. The van der Waals surface area contributed by atoms with Crippen molar-refractivity contribution in [2.24, 2.45) is 0 Å². The van der Waals surface area contributed by atoms with Crippen LogP contribution in [0.4, 0.5) is 31.0 Å². The van der Waals surface area contributed by atoms with Gasteiger partial charge in [0.15, 0.2) is 0 Å². The molecule has 6 aromatic carbocycles. The minimum absolute atomic E-state index is 0.0464. The van der Waals surface area contributed by atoms with E-state index in [1.165, 1.54) is 29.3 Å². The Hall–Kier alpha value is -10.1. The Balaban J connectivity index is 0.000000133. The third kappa shape index (κ3) is 14.3. The van der Waals surface area contributed by atoms with Crippen molar-refractivity contribution in [1.29, 1.82) is 0 Å². The van der Waals surface area contributed by atoms with Crippen LogP contribution < -0.4 is 35.5 Å². The molecule has 97 heavy (non-hydrogen) atoms. The zero-order valence-corrected chi connectivity index (χ0v) is 56.7. The fraction of sp³-hybridized carbons (Fsp3) is 0.280. The molecule has 0 saturated carbocycles. The van der Waals surface area contributed by atoms with Crippen LogP contribution in [0.5, 0.6) is 17.2 Å². The zero-order chi connectivity index (χ0) is 69.4. The molecular weight excluding hydrogens is 1250 g/mol. The minimum Gasteiger partial charge on any atom is -0.493 e. The second kappa shape index (κ2) is 27.9. The van der Waals surface area contributed by atoms with Gasteiger partial charge in [-0.1, -0.05) is 72.8 Å². The highest BCUT2D eigenvalue weighted by Gasteiger charge is 2.25. The van der Waals surface area contributed by atoms with Crippen molar-refractivity contribution in [1.82, 2.24) is 52.9 Å². The second-order valence-electron chi connectivity index (χ2n) is 25.5. The number of hydrogen-bond acceptors (Lipinski definition) is 15. The van der Waals surface area contributed by atoms with Crippen LogP contribution in [-0.4, -0.2) is 121 Å². The van der Waals surface area contributed by atoms with Gasteiger partial charge in [0.1, 0.15) is 58.8 Å². The van der Waals surface area contributed by atoms with Crippen molar-refractivity contribution >= 4 is 47.2 Å². The molecule has 0 amide bonds. The van der Waals surface area contributed by atoms with Crippen molar-refractivity contribution < 1.29 is 34.7 Å². The van der Waals surface area contributed by atoms with E-state index in [1.54, 1.807) is 54.5 Å². The largest absolute Gasteiger partial charge is 0.493 e. The van der Waals surface area contributed by atoms with Crippen LogP contribution in [0.2, 0.25) is 0 Å². The highest BCUT2D eigenvalue weighted by molar-refractivity contribution is 7.70. The van der Waals surface area contributed by atoms with Crippen LogP contribution in [0, 0.1) is 38.2 Å². The lowest BCUT2D eigenvalue weighted by Gasteiger charge is -2.13. The van der Waals surface area contributed by atoms with Crippen molar-refractivity contribution in [3.8, 4) is 50.6 Å². The Bertz CT molecular complexity index is 5040. The molecule has 6 aromatic heterocycles. The normalized spacial score (nSPS) is 13.5. The number of fused-ring (bicyclic) bond motifs is 6. The van der Waals surface area contributed by atoms with Crippen LogP contribution in [0.3, 0.4) is 0 Å². The van der Waals surface area contributed by atoms with E-state index < -0.39 is 19.5 Å². The van der Waals surface area contributed by atoms with Crippen molar-refractivity contribution in [3.63, 3.8) is 0 Å². The van der Waals surface area contributed by atoms with Gasteiger partial charge < -0.3 is 44.5 Å². The van der Waals surface area contributed by atoms with Gasteiger partial charge in [-0.25, -0.2) is 43.1 Å². The van der Waals surface area contributed by atoms with Gasteiger partial charge in [0.05, 0.1) is 39.6 Å². The molecule has 12 aromatic rings. The van der Waals surface area contributed by atoms with E-state index in [-0.39, 0.29) is 23.1 Å². The molecule has 0 unspecified atom stereocenters. The predicted molar refractivity (Wildman–Crippen MR) is 377 cm³/mol. The van der Waals surface area contributed by atoms with Gasteiger partial charge in [0.2, 0.25) is 17.8 Å². The van der Waals surface area contributed by atoms with Gasteiger partial charge in [-0.05, 0) is 133 Å². The molecule has 0 saturated heterocycles. The first-order valence-electron chi connectivity index (χ1n) is 33.3. The van der Waals surface area contributed by atoms with Crippen molar-refractivity contribution in [2.75, 3.05) is 83.8 Å². The standard InChI is InChI=1S/C26H28FN5O.C25H26FN5O.C24H24FN4O2P/c1-17-16-32-25(30-17)21(19-6-4-18(5-7-19)10-12-31(2)3)14-28-26(32)29-15-22-20-11-13-33-24(20)9-8-23(22)27;1-16-14-31-24(29-16)20(18-6-4-17(5-7-18)15-30(2)3)12-27-25(31)28-13-21-19-10-11-32-23(19)9-8-22(21)26;1-15-14-29-23(28-15)19(16-4-6-17(7-5-16)32(2,3)30)12-26-24(29)27-13-20-18-10-11-31-22(18)9-8-21(20)25/h4-9,14,16H,10-13,15H2,1-3H3,(H,28,29);4-9,12,14H,10-11,13,15H2,1-3H3,(H,27,28);4-9,12,14H,10-11,13H2,1-3H3,(H,26,27)/i;13D2;. The number of benzene rings is 6. The number of hydrogen-bond donors (Lipinski definition) is 3. The van der Waals surface area contributed by atoms with Crippen LogP contribution >= 0.6 is 7.14 Å². The lowest BCUT2D eigenvalue weighted by Crippen LogP contribution is -2.14. The van der Waals surface area contributed by atoms with Gasteiger partial charge in [0.25, 0.3) is 0 Å². The van der Waals surface area contributed by atoms with Crippen molar-refractivity contribution in [3.05, 3.63) is 225 Å². The van der Waals surface area contributed by atoms with E-state index in [1.807, 2.05) is 98.7 Å².